The highest BCUT2D eigenvalue weighted by Crippen LogP contribution is 2.28. The van der Waals surface area contributed by atoms with E-state index in [4.69, 9.17) is 0 Å². The van der Waals surface area contributed by atoms with Crippen LogP contribution in [0.15, 0.2) is 46.9 Å². The van der Waals surface area contributed by atoms with Gasteiger partial charge in [-0.15, -0.1) is 0 Å². The van der Waals surface area contributed by atoms with Crippen molar-refractivity contribution in [1.29, 1.82) is 0 Å². The van der Waals surface area contributed by atoms with Crippen molar-refractivity contribution in [3.63, 3.8) is 0 Å². The fraction of sp³-hybridized carbons (Fsp3) is 0.143. The quantitative estimate of drug-likeness (QED) is 0.888. The van der Waals surface area contributed by atoms with Crippen LogP contribution < -0.4 is 0 Å². The van der Waals surface area contributed by atoms with E-state index in [2.05, 4.69) is 15.9 Å². The molecule has 0 aromatic heterocycles. The second kappa shape index (κ2) is 4.98. The highest BCUT2D eigenvalue weighted by atomic mass is 79.9. The average molecular weight is 295 g/mol. The van der Waals surface area contributed by atoms with Crippen molar-refractivity contribution < 1.29 is 9.50 Å². The van der Waals surface area contributed by atoms with E-state index in [1.54, 1.807) is 19.1 Å². The standard InChI is InChI=1S/C14H12BrFO/c1-9-7-11(8-12(15)13(9)16)14(17)10-5-3-2-4-6-10/h2-8,14,17H,1H3. The summed E-state index contributed by atoms with van der Waals surface area (Å²) in [5.74, 6) is -0.283. The Kier molecular flexibility index (Phi) is 3.60. The van der Waals surface area contributed by atoms with Crippen LogP contribution in [0, 0.1) is 12.7 Å². The summed E-state index contributed by atoms with van der Waals surface area (Å²) in [5, 5.41) is 10.2. The normalized spacial score (nSPS) is 12.5. The zero-order chi connectivity index (χ0) is 12.4. The fourth-order valence-electron chi connectivity index (χ4n) is 1.74. The molecule has 0 aliphatic carbocycles. The smallest absolute Gasteiger partial charge is 0.140 e. The summed E-state index contributed by atoms with van der Waals surface area (Å²) in [6.45, 7) is 1.68. The van der Waals surface area contributed by atoms with Crippen molar-refractivity contribution in [3.05, 3.63) is 69.4 Å². The lowest BCUT2D eigenvalue weighted by atomic mass is 10.00. The number of hydrogen-bond donors (Lipinski definition) is 1. The molecule has 0 aliphatic rings. The van der Waals surface area contributed by atoms with Gasteiger partial charge in [0.15, 0.2) is 0 Å². The molecule has 2 rings (SSSR count). The first kappa shape index (κ1) is 12.3. The lowest BCUT2D eigenvalue weighted by Crippen LogP contribution is -2.01. The van der Waals surface area contributed by atoms with Gasteiger partial charge in [0.25, 0.3) is 0 Å². The number of aliphatic hydroxyl groups is 1. The third-order valence-electron chi connectivity index (χ3n) is 2.66. The van der Waals surface area contributed by atoms with E-state index < -0.39 is 6.10 Å². The van der Waals surface area contributed by atoms with Gasteiger partial charge < -0.3 is 5.11 Å². The molecule has 1 atom stereocenters. The molecule has 0 saturated carbocycles. The first-order valence-corrected chi connectivity index (χ1v) is 6.07. The van der Waals surface area contributed by atoms with Crippen LogP contribution in [-0.2, 0) is 0 Å². The summed E-state index contributed by atoms with van der Waals surface area (Å²) < 4.78 is 13.8. The molecule has 1 N–H and O–H groups in total. The number of aryl methyl sites for hydroxylation is 1. The molecule has 0 heterocycles. The maximum Gasteiger partial charge on any atom is 0.140 e. The largest absolute Gasteiger partial charge is 0.384 e. The monoisotopic (exact) mass is 294 g/mol. The molecule has 17 heavy (non-hydrogen) atoms. The SMILES string of the molecule is Cc1cc(C(O)c2ccccc2)cc(Br)c1F. The van der Waals surface area contributed by atoms with Crippen molar-refractivity contribution in [1.82, 2.24) is 0 Å². The minimum Gasteiger partial charge on any atom is -0.384 e. The predicted octanol–water partition coefficient (Wildman–Crippen LogP) is 3.98. The molecule has 0 saturated heterocycles. The van der Waals surface area contributed by atoms with Crippen LogP contribution in [-0.4, -0.2) is 5.11 Å². The van der Waals surface area contributed by atoms with E-state index in [1.165, 1.54) is 0 Å². The van der Waals surface area contributed by atoms with E-state index >= 15 is 0 Å². The summed E-state index contributed by atoms with van der Waals surface area (Å²) in [7, 11) is 0. The number of rotatable bonds is 2. The van der Waals surface area contributed by atoms with Gasteiger partial charge >= 0.3 is 0 Å². The summed E-state index contributed by atoms with van der Waals surface area (Å²) in [6, 6.07) is 12.6. The Balaban J connectivity index is 2.41. The summed E-state index contributed by atoms with van der Waals surface area (Å²) in [4.78, 5) is 0. The highest BCUT2D eigenvalue weighted by Gasteiger charge is 2.13. The number of hydrogen-bond acceptors (Lipinski definition) is 1. The zero-order valence-corrected chi connectivity index (χ0v) is 10.9. The highest BCUT2D eigenvalue weighted by molar-refractivity contribution is 9.10. The molecule has 0 fully saturated rings. The van der Waals surface area contributed by atoms with E-state index in [-0.39, 0.29) is 5.82 Å². The average Bonchev–Trinajstić information content (AvgIpc) is 2.35. The van der Waals surface area contributed by atoms with Gasteiger partial charge in [0.2, 0.25) is 0 Å². The van der Waals surface area contributed by atoms with Gasteiger partial charge in [0.1, 0.15) is 11.9 Å². The van der Waals surface area contributed by atoms with Gasteiger partial charge in [-0.25, -0.2) is 4.39 Å². The van der Waals surface area contributed by atoms with Gasteiger partial charge in [-0.05, 0) is 45.6 Å². The van der Waals surface area contributed by atoms with Crippen LogP contribution in [0.4, 0.5) is 4.39 Å². The Morgan fingerprint density at radius 3 is 2.35 bits per heavy atom. The third kappa shape index (κ3) is 2.56. The van der Waals surface area contributed by atoms with Crippen molar-refractivity contribution in [3.8, 4) is 0 Å². The first-order valence-electron chi connectivity index (χ1n) is 5.28. The number of benzene rings is 2. The third-order valence-corrected chi connectivity index (χ3v) is 3.24. The molecule has 0 spiro atoms. The predicted molar refractivity (Wildman–Crippen MR) is 69.3 cm³/mol. The molecule has 0 aliphatic heterocycles. The minimum atomic E-state index is -0.730. The molecule has 1 nitrogen and oxygen atoms in total. The van der Waals surface area contributed by atoms with Crippen molar-refractivity contribution in [2.24, 2.45) is 0 Å². The lowest BCUT2D eigenvalue weighted by Gasteiger charge is -2.13. The van der Waals surface area contributed by atoms with Gasteiger partial charge in [-0.3, -0.25) is 0 Å². The van der Waals surface area contributed by atoms with Crippen LogP contribution in [0.25, 0.3) is 0 Å². The van der Waals surface area contributed by atoms with Gasteiger partial charge in [-0.2, -0.15) is 0 Å². The van der Waals surface area contributed by atoms with Gasteiger partial charge in [0.05, 0.1) is 4.47 Å². The fourth-order valence-corrected chi connectivity index (χ4v) is 2.32. The van der Waals surface area contributed by atoms with Crippen LogP contribution in [0.2, 0.25) is 0 Å². The molecule has 0 radical (unpaired) electrons. The minimum absolute atomic E-state index is 0.283. The molecule has 1 unspecified atom stereocenters. The van der Waals surface area contributed by atoms with Crippen LogP contribution in [0.1, 0.15) is 22.8 Å². The Bertz CT molecular complexity index is 502. The molecular weight excluding hydrogens is 283 g/mol. The number of aliphatic hydroxyl groups excluding tert-OH is 1. The van der Waals surface area contributed by atoms with Crippen molar-refractivity contribution in [2.75, 3.05) is 0 Å². The molecule has 3 heteroatoms. The molecule has 2 aromatic rings. The Morgan fingerprint density at radius 1 is 1.12 bits per heavy atom. The maximum absolute atomic E-state index is 13.4. The van der Waals surface area contributed by atoms with Crippen molar-refractivity contribution in [2.45, 2.75) is 13.0 Å². The summed E-state index contributed by atoms with van der Waals surface area (Å²) >= 11 is 3.15. The summed E-state index contributed by atoms with van der Waals surface area (Å²) in [5.41, 5.74) is 2.00. The Labute approximate surface area is 108 Å². The summed E-state index contributed by atoms with van der Waals surface area (Å²) in [6.07, 6.45) is -0.730. The van der Waals surface area contributed by atoms with Gasteiger partial charge in [-0.1, -0.05) is 36.4 Å². The zero-order valence-electron chi connectivity index (χ0n) is 9.32. The molecule has 0 bridgehead atoms. The molecular formula is C14H12BrFO. The topological polar surface area (TPSA) is 20.2 Å². The van der Waals surface area contributed by atoms with Gasteiger partial charge in [0, 0.05) is 0 Å². The number of halogens is 2. The second-order valence-corrected chi connectivity index (χ2v) is 4.80. The first-order chi connectivity index (χ1) is 8.09. The van der Waals surface area contributed by atoms with E-state index in [1.807, 2.05) is 30.3 Å². The molecule has 2 aromatic carbocycles. The second-order valence-electron chi connectivity index (χ2n) is 3.95. The van der Waals surface area contributed by atoms with Crippen LogP contribution >= 0.6 is 15.9 Å². The van der Waals surface area contributed by atoms with Crippen molar-refractivity contribution >= 4 is 15.9 Å². The van der Waals surface area contributed by atoms with E-state index in [0.717, 1.165) is 5.56 Å². The van der Waals surface area contributed by atoms with Crippen LogP contribution in [0.5, 0.6) is 0 Å². The van der Waals surface area contributed by atoms with E-state index in [0.29, 0.717) is 15.6 Å². The van der Waals surface area contributed by atoms with E-state index in [9.17, 15) is 9.50 Å². The maximum atomic E-state index is 13.4. The lowest BCUT2D eigenvalue weighted by molar-refractivity contribution is 0.220. The molecule has 88 valence electrons. The molecule has 0 amide bonds. The Hall–Kier alpha value is -1.19. The van der Waals surface area contributed by atoms with Crippen LogP contribution in [0.3, 0.4) is 0 Å². The Morgan fingerprint density at radius 2 is 1.76 bits per heavy atom.